The number of methoxy groups -OCH3 is 1. The molecule has 0 atom stereocenters. The highest BCUT2D eigenvalue weighted by Gasteiger charge is 2.07. The summed E-state index contributed by atoms with van der Waals surface area (Å²) in [5.74, 6) is 0.270. The number of hydrazone groups is 1. The molecule has 0 fully saturated rings. The van der Waals surface area contributed by atoms with Crippen molar-refractivity contribution in [3.63, 3.8) is 0 Å². The Kier molecular flexibility index (Phi) is 5.67. The van der Waals surface area contributed by atoms with Crippen LogP contribution in [0.5, 0.6) is 5.75 Å². The summed E-state index contributed by atoms with van der Waals surface area (Å²) in [6.45, 7) is 0. The minimum Gasteiger partial charge on any atom is -0.497 e. The molecule has 2 aromatic rings. The summed E-state index contributed by atoms with van der Waals surface area (Å²) in [5.41, 5.74) is 4.00. The van der Waals surface area contributed by atoms with Gasteiger partial charge in [0.25, 0.3) is 0 Å². The van der Waals surface area contributed by atoms with Crippen LogP contribution in [0, 0.1) is 11.3 Å². The molecule has 0 saturated carbocycles. The van der Waals surface area contributed by atoms with Gasteiger partial charge in [0.1, 0.15) is 11.8 Å². The van der Waals surface area contributed by atoms with Crippen LogP contribution in [0.2, 0.25) is 0 Å². The summed E-state index contributed by atoms with van der Waals surface area (Å²) in [6.07, 6.45) is 2.94. The third-order valence-electron chi connectivity index (χ3n) is 2.95. The molecule has 0 aromatic heterocycles. The van der Waals surface area contributed by atoms with Crippen LogP contribution in [-0.4, -0.2) is 18.6 Å². The molecular weight excluding hydrogens is 290 g/mol. The SMILES string of the molecule is COc1ccc(/C=C/C(=O)/C(C#N)=N\Nc2ccccc2)cc1. The van der Waals surface area contributed by atoms with Crippen LogP contribution < -0.4 is 10.2 Å². The van der Waals surface area contributed by atoms with E-state index in [0.717, 1.165) is 11.3 Å². The Morgan fingerprint density at radius 1 is 1.17 bits per heavy atom. The van der Waals surface area contributed by atoms with Crippen molar-refractivity contribution in [1.82, 2.24) is 0 Å². The molecule has 0 aliphatic heterocycles. The monoisotopic (exact) mass is 305 g/mol. The number of anilines is 1. The molecule has 114 valence electrons. The van der Waals surface area contributed by atoms with Gasteiger partial charge in [-0.25, -0.2) is 0 Å². The Morgan fingerprint density at radius 3 is 2.48 bits per heavy atom. The first-order chi connectivity index (χ1) is 11.2. The van der Waals surface area contributed by atoms with Crippen molar-refractivity contribution < 1.29 is 9.53 Å². The van der Waals surface area contributed by atoms with Crippen LogP contribution in [0.4, 0.5) is 5.69 Å². The van der Waals surface area contributed by atoms with Crippen LogP contribution in [0.15, 0.2) is 65.8 Å². The molecule has 0 aliphatic rings. The third-order valence-corrected chi connectivity index (χ3v) is 2.95. The normalized spacial score (nSPS) is 11.0. The first kappa shape index (κ1) is 16.0. The molecular formula is C18H15N3O2. The second kappa shape index (κ2) is 8.15. The van der Waals surface area contributed by atoms with E-state index in [1.807, 2.05) is 30.3 Å². The summed E-state index contributed by atoms with van der Waals surface area (Å²) in [6, 6.07) is 18.1. The smallest absolute Gasteiger partial charge is 0.216 e. The van der Waals surface area contributed by atoms with Gasteiger partial charge in [0.05, 0.1) is 12.8 Å². The number of nitrogens with one attached hydrogen (secondary N) is 1. The highest BCUT2D eigenvalue weighted by atomic mass is 16.5. The van der Waals surface area contributed by atoms with Gasteiger partial charge in [0, 0.05) is 0 Å². The lowest BCUT2D eigenvalue weighted by atomic mass is 10.1. The van der Waals surface area contributed by atoms with E-state index in [9.17, 15) is 4.79 Å². The van der Waals surface area contributed by atoms with Gasteiger partial charge in [-0.15, -0.1) is 0 Å². The zero-order chi connectivity index (χ0) is 16.5. The summed E-state index contributed by atoms with van der Waals surface area (Å²) >= 11 is 0. The van der Waals surface area contributed by atoms with E-state index in [2.05, 4.69) is 10.5 Å². The van der Waals surface area contributed by atoms with E-state index < -0.39 is 5.78 Å². The van der Waals surface area contributed by atoms with Crippen LogP contribution >= 0.6 is 0 Å². The number of hydrogen-bond acceptors (Lipinski definition) is 5. The number of nitrogens with zero attached hydrogens (tertiary/aromatic N) is 2. The van der Waals surface area contributed by atoms with Gasteiger partial charge < -0.3 is 4.74 Å². The Morgan fingerprint density at radius 2 is 1.87 bits per heavy atom. The van der Waals surface area contributed by atoms with Crippen molar-refractivity contribution in [2.24, 2.45) is 5.10 Å². The first-order valence-corrected chi connectivity index (χ1v) is 6.88. The number of allylic oxidation sites excluding steroid dienone is 1. The lowest BCUT2D eigenvalue weighted by Gasteiger charge is -2.00. The molecule has 0 spiro atoms. The largest absolute Gasteiger partial charge is 0.497 e. The van der Waals surface area contributed by atoms with Gasteiger partial charge in [-0.05, 0) is 35.9 Å². The average molecular weight is 305 g/mol. The van der Waals surface area contributed by atoms with E-state index in [0.29, 0.717) is 5.69 Å². The second-order valence-corrected chi connectivity index (χ2v) is 4.52. The molecule has 1 N–H and O–H groups in total. The molecule has 0 heterocycles. The summed E-state index contributed by atoms with van der Waals surface area (Å²) in [4.78, 5) is 12.0. The van der Waals surface area contributed by atoms with Gasteiger partial charge in [-0.3, -0.25) is 10.2 Å². The van der Waals surface area contributed by atoms with E-state index in [-0.39, 0.29) is 5.71 Å². The number of rotatable bonds is 6. The minimum atomic E-state index is -0.466. The summed E-state index contributed by atoms with van der Waals surface area (Å²) < 4.78 is 5.06. The fourth-order valence-electron chi connectivity index (χ4n) is 1.73. The van der Waals surface area contributed by atoms with Gasteiger partial charge in [-0.2, -0.15) is 10.4 Å². The fraction of sp³-hybridized carbons (Fsp3) is 0.0556. The topological polar surface area (TPSA) is 74.5 Å². The molecule has 0 aliphatic carbocycles. The maximum atomic E-state index is 12.0. The number of benzene rings is 2. The molecule has 0 saturated heterocycles. The molecule has 0 amide bonds. The Labute approximate surface area is 134 Å². The zero-order valence-electron chi connectivity index (χ0n) is 12.6. The number of carbonyl (C=O) groups excluding carboxylic acids is 1. The lowest BCUT2D eigenvalue weighted by Crippen LogP contribution is -2.10. The quantitative estimate of drug-likeness (QED) is 0.505. The third kappa shape index (κ3) is 4.83. The number of hydrogen-bond donors (Lipinski definition) is 1. The highest BCUT2D eigenvalue weighted by molar-refractivity contribution is 6.50. The number of ether oxygens (including phenoxy) is 1. The molecule has 2 aromatic carbocycles. The highest BCUT2D eigenvalue weighted by Crippen LogP contribution is 2.12. The van der Waals surface area contributed by atoms with Crippen molar-refractivity contribution in [3.8, 4) is 11.8 Å². The Hall–Kier alpha value is -3.39. The van der Waals surface area contributed by atoms with E-state index in [1.165, 1.54) is 6.08 Å². The molecule has 0 radical (unpaired) electrons. The Balaban J connectivity index is 2.04. The number of para-hydroxylation sites is 1. The summed E-state index contributed by atoms with van der Waals surface area (Å²) in [7, 11) is 1.59. The first-order valence-electron chi connectivity index (χ1n) is 6.88. The van der Waals surface area contributed by atoms with Crippen molar-refractivity contribution in [1.29, 1.82) is 5.26 Å². The zero-order valence-corrected chi connectivity index (χ0v) is 12.6. The molecule has 5 heteroatoms. The van der Waals surface area contributed by atoms with Crippen molar-refractivity contribution in [3.05, 3.63) is 66.2 Å². The van der Waals surface area contributed by atoms with E-state index in [4.69, 9.17) is 10.00 Å². The van der Waals surface area contributed by atoms with Crippen LogP contribution in [0.25, 0.3) is 6.08 Å². The van der Waals surface area contributed by atoms with Crippen molar-refractivity contribution in [2.75, 3.05) is 12.5 Å². The van der Waals surface area contributed by atoms with Gasteiger partial charge >= 0.3 is 0 Å². The standard InChI is InChI=1S/C18H15N3O2/c1-23-16-10-7-14(8-11-16)9-12-18(22)17(13-19)21-20-15-5-3-2-4-6-15/h2-12,20H,1H3/b12-9+,21-17-. The number of ketones is 1. The number of carbonyl (C=O) groups is 1. The molecule has 5 nitrogen and oxygen atoms in total. The lowest BCUT2D eigenvalue weighted by molar-refractivity contribution is -0.108. The molecule has 2 rings (SSSR count). The number of nitriles is 1. The van der Waals surface area contributed by atoms with Gasteiger partial charge in [0.2, 0.25) is 11.5 Å². The predicted molar refractivity (Wildman–Crippen MR) is 90.1 cm³/mol. The molecule has 23 heavy (non-hydrogen) atoms. The second-order valence-electron chi connectivity index (χ2n) is 4.52. The van der Waals surface area contributed by atoms with E-state index in [1.54, 1.807) is 43.5 Å². The van der Waals surface area contributed by atoms with Crippen LogP contribution in [0.3, 0.4) is 0 Å². The maximum Gasteiger partial charge on any atom is 0.216 e. The van der Waals surface area contributed by atoms with Crippen LogP contribution in [-0.2, 0) is 4.79 Å². The van der Waals surface area contributed by atoms with Crippen molar-refractivity contribution in [2.45, 2.75) is 0 Å². The van der Waals surface area contributed by atoms with Crippen molar-refractivity contribution >= 4 is 23.3 Å². The average Bonchev–Trinajstić information content (AvgIpc) is 2.61. The summed E-state index contributed by atoms with van der Waals surface area (Å²) in [5, 5.41) is 12.9. The van der Waals surface area contributed by atoms with E-state index >= 15 is 0 Å². The predicted octanol–water partition coefficient (Wildman–Crippen LogP) is 3.27. The van der Waals surface area contributed by atoms with Crippen LogP contribution in [0.1, 0.15) is 5.56 Å². The molecule has 0 unspecified atom stereocenters. The van der Waals surface area contributed by atoms with Gasteiger partial charge in [-0.1, -0.05) is 36.4 Å². The molecule has 0 bridgehead atoms. The minimum absolute atomic E-state index is 0.210. The Bertz CT molecular complexity index is 757. The maximum absolute atomic E-state index is 12.0. The fourth-order valence-corrected chi connectivity index (χ4v) is 1.73. The van der Waals surface area contributed by atoms with Gasteiger partial charge in [0.15, 0.2) is 0 Å².